The molecule has 1 amide bonds. The lowest BCUT2D eigenvalue weighted by atomic mass is 10.0. The van der Waals surface area contributed by atoms with Crippen LogP contribution in [0.1, 0.15) is 0 Å². The molecule has 0 aliphatic heterocycles. The number of anilines is 2. The average Bonchev–Trinajstić information content (AvgIpc) is 3.14. The molecule has 0 fully saturated rings. The number of aromatic nitrogens is 2. The molecule has 2 aromatic carbocycles. The molecule has 6 nitrogen and oxygen atoms in total. The summed E-state index contributed by atoms with van der Waals surface area (Å²) in [6.07, 6.45) is 5.93. The minimum Gasteiger partial charge on any atom is -0.382 e. The highest BCUT2D eigenvalue weighted by atomic mass is 32.1. The van der Waals surface area contributed by atoms with Gasteiger partial charge in [-0.15, -0.1) is 24.5 Å². The standard InChI is InChI=1S/C17H12N4OS.C7H13N/c18-17-16-15(19-8-20-17)13-5-4-11(7-14(13)23-16)10-2-1-3-12(6-10)21-9-22;1-4-6-8(3)7-5-2/h1-9H,(H,21,22)(H2,18,19,20);4-5H,1-2,6-7H2,3H3. The third-order valence-corrected chi connectivity index (χ3v) is 5.75. The number of nitrogens with one attached hydrogen (secondary N) is 1. The number of benzene rings is 2. The van der Waals surface area contributed by atoms with E-state index in [1.54, 1.807) is 11.3 Å². The Labute approximate surface area is 185 Å². The van der Waals surface area contributed by atoms with Crippen LogP contribution in [0.4, 0.5) is 11.5 Å². The molecule has 0 spiro atoms. The van der Waals surface area contributed by atoms with Crippen LogP contribution in [0.5, 0.6) is 0 Å². The van der Waals surface area contributed by atoms with Crippen molar-refractivity contribution >= 4 is 49.6 Å². The lowest BCUT2D eigenvalue weighted by molar-refractivity contribution is -0.105. The first-order valence-electron chi connectivity index (χ1n) is 9.71. The highest BCUT2D eigenvalue weighted by Crippen LogP contribution is 2.37. The van der Waals surface area contributed by atoms with Crippen molar-refractivity contribution in [3.8, 4) is 11.1 Å². The lowest BCUT2D eigenvalue weighted by Crippen LogP contribution is -2.17. The van der Waals surface area contributed by atoms with Gasteiger partial charge in [-0.25, -0.2) is 9.97 Å². The second kappa shape index (κ2) is 10.5. The largest absolute Gasteiger partial charge is 0.382 e. The summed E-state index contributed by atoms with van der Waals surface area (Å²) in [6, 6.07) is 13.9. The van der Waals surface area contributed by atoms with E-state index in [1.165, 1.54) is 6.33 Å². The Hall–Kier alpha value is -3.55. The van der Waals surface area contributed by atoms with Crippen molar-refractivity contribution < 1.29 is 4.79 Å². The highest BCUT2D eigenvalue weighted by molar-refractivity contribution is 7.26. The summed E-state index contributed by atoms with van der Waals surface area (Å²) in [5.41, 5.74) is 9.71. The van der Waals surface area contributed by atoms with E-state index in [4.69, 9.17) is 5.73 Å². The quantitative estimate of drug-likeness (QED) is 0.319. The molecule has 0 aliphatic carbocycles. The smallest absolute Gasteiger partial charge is 0.211 e. The summed E-state index contributed by atoms with van der Waals surface area (Å²) in [6.45, 7) is 9.09. The van der Waals surface area contributed by atoms with Crippen LogP contribution >= 0.6 is 11.3 Å². The van der Waals surface area contributed by atoms with Gasteiger partial charge in [0, 0.05) is 28.9 Å². The van der Waals surface area contributed by atoms with Crippen LogP contribution in [0, 0.1) is 0 Å². The molecule has 0 atom stereocenters. The minimum absolute atomic E-state index is 0.509. The number of likely N-dealkylation sites (N-methyl/N-ethyl adjacent to an activating group) is 1. The molecule has 0 saturated carbocycles. The number of fused-ring (bicyclic) bond motifs is 3. The van der Waals surface area contributed by atoms with Crippen molar-refractivity contribution in [2.75, 3.05) is 31.2 Å². The third-order valence-electron chi connectivity index (χ3n) is 4.58. The predicted molar refractivity (Wildman–Crippen MR) is 132 cm³/mol. The van der Waals surface area contributed by atoms with Crippen molar-refractivity contribution in [3.63, 3.8) is 0 Å². The van der Waals surface area contributed by atoms with Gasteiger partial charge in [0.2, 0.25) is 6.41 Å². The zero-order valence-corrected chi connectivity index (χ0v) is 18.2. The van der Waals surface area contributed by atoms with Gasteiger partial charge in [0.15, 0.2) is 0 Å². The van der Waals surface area contributed by atoms with Crippen molar-refractivity contribution in [2.45, 2.75) is 0 Å². The van der Waals surface area contributed by atoms with Crippen molar-refractivity contribution in [1.82, 2.24) is 14.9 Å². The molecular formula is C24H25N5OS. The van der Waals surface area contributed by atoms with E-state index >= 15 is 0 Å². The Balaban J connectivity index is 0.000000293. The Kier molecular flexibility index (Phi) is 7.48. The van der Waals surface area contributed by atoms with E-state index in [2.05, 4.69) is 45.5 Å². The number of amides is 1. The Bertz CT molecular complexity index is 1210. The summed E-state index contributed by atoms with van der Waals surface area (Å²) >= 11 is 1.59. The Morgan fingerprint density at radius 2 is 1.84 bits per heavy atom. The number of nitrogens with two attached hydrogens (primary N) is 1. The lowest BCUT2D eigenvalue weighted by Gasteiger charge is -2.09. The molecule has 4 aromatic rings. The first kappa shape index (κ1) is 22.1. The number of hydrogen-bond acceptors (Lipinski definition) is 6. The maximum absolute atomic E-state index is 10.6. The molecule has 31 heavy (non-hydrogen) atoms. The number of carbonyl (C=O) groups is 1. The number of thiophene rings is 1. The van der Waals surface area contributed by atoms with Gasteiger partial charge in [0.25, 0.3) is 0 Å². The third kappa shape index (κ3) is 5.33. The van der Waals surface area contributed by atoms with Crippen LogP contribution in [0.2, 0.25) is 0 Å². The van der Waals surface area contributed by atoms with Crippen molar-refractivity contribution in [1.29, 1.82) is 0 Å². The van der Waals surface area contributed by atoms with Crippen LogP contribution < -0.4 is 11.1 Å². The molecule has 0 saturated heterocycles. The first-order chi connectivity index (χ1) is 15.1. The molecule has 0 bridgehead atoms. The fraction of sp³-hybridized carbons (Fsp3) is 0.125. The van der Waals surface area contributed by atoms with E-state index in [-0.39, 0.29) is 0 Å². The van der Waals surface area contributed by atoms with Crippen LogP contribution in [0.25, 0.3) is 31.4 Å². The zero-order valence-electron chi connectivity index (χ0n) is 17.4. The average molecular weight is 432 g/mol. The van der Waals surface area contributed by atoms with Gasteiger partial charge < -0.3 is 11.1 Å². The van der Waals surface area contributed by atoms with Gasteiger partial charge in [-0.1, -0.05) is 36.4 Å². The van der Waals surface area contributed by atoms with E-state index in [0.717, 1.165) is 50.2 Å². The number of carbonyl (C=O) groups excluding carboxylic acids is 1. The molecule has 0 aliphatic rings. The number of nitrogens with zero attached hydrogens (tertiary/aromatic N) is 3. The summed E-state index contributed by atoms with van der Waals surface area (Å²) in [7, 11) is 2.03. The highest BCUT2D eigenvalue weighted by Gasteiger charge is 2.10. The fourth-order valence-electron chi connectivity index (χ4n) is 3.14. The Morgan fingerprint density at radius 1 is 1.10 bits per heavy atom. The van der Waals surface area contributed by atoms with Gasteiger partial charge in [-0.3, -0.25) is 9.69 Å². The first-order valence-corrected chi connectivity index (χ1v) is 10.5. The van der Waals surface area contributed by atoms with E-state index in [1.807, 2.05) is 49.5 Å². The number of hydrogen-bond donors (Lipinski definition) is 2. The normalized spacial score (nSPS) is 10.5. The number of nitrogen functional groups attached to an aromatic ring is 1. The topological polar surface area (TPSA) is 84.1 Å². The molecule has 2 heterocycles. The predicted octanol–water partition coefficient (Wildman–Crippen LogP) is 4.95. The summed E-state index contributed by atoms with van der Waals surface area (Å²) in [5.74, 6) is 0.509. The molecule has 0 radical (unpaired) electrons. The fourth-order valence-corrected chi connectivity index (χ4v) is 4.24. The van der Waals surface area contributed by atoms with Gasteiger partial charge in [-0.05, 0) is 36.4 Å². The van der Waals surface area contributed by atoms with Gasteiger partial charge in [0.1, 0.15) is 12.1 Å². The van der Waals surface area contributed by atoms with E-state index < -0.39 is 0 Å². The SMILES string of the molecule is C=CCN(C)CC=C.Nc1ncnc2c1sc1cc(-c3cccc(NC=O)c3)ccc12. The molecule has 7 heteroatoms. The molecule has 2 aromatic heterocycles. The minimum atomic E-state index is 0.509. The van der Waals surface area contributed by atoms with Crippen LogP contribution in [0.3, 0.4) is 0 Å². The zero-order chi connectivity index (χ0) is 22.2. The molecule has 158 valence electrons. The van der Waals surface area contributed by atoms with Gasteiger partial charge in [0.05, 0.1) is 10.2 Å². The Morgan fingerprint density at radius 3 is 2.55 bits per heavy atom. The van der Waals surface area contributed by atoms with Gasteiger partial charge >= 0.3 is 0 Å². The van der Waals surface area contributed by atoms with E-state index in [9.17, 15) is 4.79 Å². The molecule has 0 unspecified atom stereocenters. The van der Waals surface area contributed by atoms with Crippen LogP contribution in [0.15, 0.2) is 74.1 Å². The van der Waals surface area contributed by atoms with Crippen molar-refractivity contribution in [3.05, 3.63) is 74.1 Å². The second-order valence-electron chi connectivity index (χ2n) is 6.89. The van der Waals surface area contributed by atoms with E-state index in [0.29, 0.717) is 12.2 Å². The van der Waals surface area contributed by atoms with Crippen LogP contribution in [-0.4, -0.2) is 41.4 Å². The summed E-state index contributed by atoms with van der Waals surface area (Å²) < 4.78 is 2.02. The van der Waals surface area contributed by atoms with Crippen LogP contribution in [-0.2, 0) is 4.79 Å². The summed E-state index contributed by atoms with van der Waals surface area (Å²) in [5, 5.41) is 3.75. The molecule has 4 rings (SSSR count). The maximum atomic E-state index is 10.6. The summed E-state index contributed by atoms with van der Waals surface area (Å²) in [4.78, 5) is 21.1. The molecular weight excluding hydrogens is 406 g/mol. The number of rotatable bonds is 7. The molecule has 3 N–H and O–H groups in total. The van der Waals surface area contributed by atoms with Crippen molar-refractivity contribution in [2.24, 2.45) is 0 Å². The maximum Gasteiger partial charge on any atom is 0.211 e. The second-order valence-corrected chi connectivity index (χ2v) is 7.94. The van der Waals surface area contributed by atoms with Gasteiger partial charge in [-0.2, -0.15) is 0 Å². The monoisotopic (exact) mass is 431 g/mol.